The van der Waals surface area contributed by atoms with Gasteiger partial charge in [-0.15, -0.1) is 11.3 Å². The topological polar surface area (TPSA) is 54.0 Å². The summed E-state index contributed by atoms with van der Waals surface area (Å²) >= 11 is 1.59. The Morgan fingerprint density at radius 2 is 2.17 bits per heavy atom. The van der Waals surface area contributed by atoms with E-state index < -0.39 is 0 Å². The van der Waals surface area contributed by atoms with Crippen molar-refractivity contribution < 1.29 is 4.74 Å². The number of nitrogens with zero attached hydrogens (tertiary/aromatic N) is 3. The number of aromatic amines is 1. The maximum Gasteiger partial charge on any atom is 0.131 e. The smallest absolute Gasteiger partial charge is 0.131 e. The molecule has 0 atom stereocenters. The minimum Gasteiger partial charge on any atom is -0.487 e. The molecule has 0 aliphatic carbocycles. The van der Waals surface area contributed by atoms with Gasteiger partial charge in [0.15, 0.2) is 0 Å². The molecule has 4 rings (SSSR count). The third kappa shape index (κ3) is 3.43. The Morgan fingerprint density at radius 3 is 3.00 bits per heavy atom. The van der Waals surface area contributed by atoms with Crippen molar-refractivity contribution in [3.8, 4) is 5.75 Å². The van der Waals surface area contributed by atoms with E-state index in [0.29, 0.717) is 6.61 Å². The van der Waals surface area contributed by atoms with E-state index in [1.165, 1.54) is 16.8 Å². The summed E-state index contributed by atoms with van der Waals surface area (Å²) in [5, 5.41) is 9.21. The minimum atomic E-state index is 0.526. The second-order valence-corrected chi connectivity index (χ2v) is 6.47. The fourth-order valence-corrected chi connectivity index (χ4v) is 3.37. The predicted molar refractivity (Wildman–Crippen MR) is 89.3 cm³/mol. The van der Waals surface area contributed by atoms with Crippen LogP contribution in [0.15, 0.2) is 41.4 Å². The van der Waals surface area contributed by atoms with Crippen molar-refractivity contribution in [1.82, 2.24) is 20.1 Å². The third-order valence-corrected chi connectivity index (χ3v) is 4.71. The fourth-order valence-electron chi connectivity index (χ4n) is 2.83. The highest BCUT2D eigenvalue weighted by atomic mass is 32.1. The van der Waals surface area contributed by atoms with Crippen molar-refractivity contribution in [2.45, 2.75) is 26.1 Å². The Labute approximate surface area is 138 Å². The quantitative estimate of drug-likeness (QED) is 0.783. The number of H-pyrrole nitrogens is 1. The van der Waals surface area contributed by atoms with Crippen LogP contribution in [0.3, 0.4) is 0 Å². The average molecular weight is 326 g/mol. The Balaban J connectivity index is 1.33. The lowest BCUT2D eigenvalue weighted by Crippen LogP contribution is -2.29. The summed E-state index contributed by atoms with van der Waals surface area (Å²) in [7, 11) is 0. The van der Waals surface area contributed by atoms with Gasteiger partial charge in [-0.1, -0.05) is 12.1 Å². The first kappa shape index (κ1) is 14.4. The zero-order valence-electron chi connectivity index (χ0n) is 12.7. The average Bonchev–Trinajstić information content (AvgIpc) is 3.25. The van der Waals surface area contributed by atoms with Crippen molar-refractivity contribution in [3.63, 3.8) is 0 Å². The molecule has 0 spiro atoms. The van der Waals surface area contributed by atoms with Gasteiger partial charge in [-0.2, -0.15) is 5.10 Å². The monoisotopic (exact) mass is 326 g/mol. The van der Waals surface area contributed by atoms with Gasteiger partial charge in [-0.25, -0.2) is 4.98 Å². The summed E-state index contributed by atoms with van der Waals surface area (Å²) in [6.07, 6.45) is 2.99. The number of aromatic nitrogens is 3. The summed E-state index contributed by atoms with van der Waals surface area (Å²) in [6, 6.07) is 8.35. The second-order valence-electron chi connectivity index (χ2n) is 5.75. The molecule has 1 aliphatic rings. The van der Waals surface area contributed by atoms with Crippen molar-refractivity contribution in [2.75, 3.05) is 6.54 Å². The number of thiazole rings is 1. The Hall–Kier alpha value is -2.18. The maximum atomic E-state index is 5.75. The van der Waals surface area contributed by atoms with E-state index in [1.807, 2.05) is 29.2 Å². The van der Waals surface area contributed by atoms with E-state index in [-0.39, 0.29) is 0 Å². The lowest BCUT2D eigenvalue weighted by Gasteiger charge is -2.26. The predicted octanol–water partition coefficient (Wildman–Crippen LogP) is 3.00. The van der Waals surface area contributed by atoms with E-state index in [1.54, 1.807) is 11.3 Å². The first-order chi connectivity index (χ1) is 11.4. The molecular weight excluding hydrogens is 308 g/mol. The van der Waals surface area contributed by atoms with Gasteiger partial charge in [0.1, 0.15) is 12.4 Å². The van der Waals surface area contributed by atoms with Crippen LogP contribution in [0, 0.1) is 0 Å². The molecule has 0 bridgehead atoms. The van der Waals surface area contributed by atoms with Gasteiger partial charge in [-0.3, -0.25) is 10.00 Å². The van der Waals surface area contributed by atoms with Gasteiger partial charge < -0.3 is 4.74 Å². The second kappa shape index (κ2) is 6.52. The normalized spacial score (nSPS) is 14.6. The number of benzene rings is 1. The summed E-state index contributed by atoms with van der Waals surface area (Å²) < 4.78 is 5.75. The summed E-state index contributed by atoms with van der Waals surface area (Å²) in [6.45, 7) is 3.51. The van der Waals surface area contributed by atoms with Crippen LogP contribution >= 0.6 is 11.3 Å². The molecule has 0 amide bonds. The number of hydrogen-bond acceptors (Lipinski definition) is 5. The summed E-state index contributed by atoms with van der Waals surface area (Å²) in [5.41, 5.74) is 6.71. The largest absolute Gasteiger partial charge is 0.487 e. The standard InChI is InChI=1S/C17H18N4OS/c1-3-16(22-10-15-11-23-12-18-15)4-2-13(1)8-21-6-5-17-14(9-21)7-19-20-17/h1-4,7,11-12H,5-6,8-10H2,(H,19,20). The zero-order valence-corrected chi connectivity index (χ0v) is 13.6. The zero-order chi connectivity index (χ0) is 15.5. The molecule has 5 nitrogen and oxygen atoms in total. The minimum absolute atomic E-state index is 0.526. The van der Waals surface area contributed by atoms with Crippen LogP contribution in [0.4, 0.5) is 0 Å². The van der Waals surface area contributed by atoms with Gasteiger partial charge >= 0.3 is 0 Å². The van der Waals surface area contributed by atoms with Gasteiger partial charge in [0.05, 0.1) is 17.4 Å². The number of nitrogens with one attached hydrogen (secondary N) is 1. The van der Waals surface area contributed by atoms with Gasteiger partial charge in [-0.05, 0) is 17.7 Å². The number of rotatable bonds is 5. The number of hydrogen-bond donors (Lipinski definition) is 1. The number of ether oxygens (including phenoxy) is 1. The molecule has 118 valence electrons. The van der Waals surface area contributed by atoms with Crippen LogP contribution in [-0.2, 0) is 26.1 Å². The lowest BCUT2D eigenvalue weighted by molar-refractivity contribution is 0.244. The Bertz CT molecular complexity index is 751. The Kier molecular flexibility index (Phi) is 4.08. The molecule has 1 aromatic carbocycles. The van der Waals surface area contributed by atoms with Crippen LogP contribution in [0.1, 0.15) is 22.5 Å². The molecule has 23 heavy (non-hydrogen) atoms. The maximum absolute atomic E-state index is 5.75. The molecule has 3 heterocycles. The van der Waals surface area contributed by atoms with Crippen LogP contribution in [-0.4, -0.2) is 26.6 Å². The molecule has 0 fully saturated rings. The number of fused-ring (bicyclic) bond motifs is 1. The van der Waals surface area contributed by atoms with Crippen LogP contribution in [0.2, 0.25) is 0 Å². The molecule has 6 heteroatoms. The highest BCUT2D eigenvalue weighted by Gasteiger charge is 2.17. The molecule has 0 saturated heterocycles. The molecule has 3 aromatic rings. The van der Waals surface area contributed by atoms with E-state index in [0.717, 1.165) is 37.5 Å². The lowest BCUT2D eigenvalue weighted by atomic mass is 10.1. The van der Waals surface area contributed by atoms with Crippen LogP contribution in [0.5, 0.6) is 5.75 Å². The summed E-state index contributed by atoms with van der Waals surface area (Å²) in [4.78, 5) is 6.67. The molecule has 0 unspecified atom stereocenters. The van der Waals surface area contributed by atoms with E-state index in [9.17, 15) is 0 Å². The van der Waals surface area contributed by atoms with Crippen LogP contribution in [0.25, 0.3) is 0 Å². The molecule has 0 radical (unpaired) electrons. The van der Waals surface area contributed by atoms with E-state index in [4.69, 9.17) is 4.74 Å². The van der Waals surface area contributed by atoms with Crippen molar-refractivity contribution in [3.05, 3.63) is 63.9 Å². The molecule has 1 N–H and O–H groups in total. The van der Waals surface area contributed by atoms with E-state index >= 15 is 0 Å². The molecule has 1 aliphatic heterocycles. The Morgan fingerprint density at radius 1 is 1.26 bits per heavy atom. The van der Waals surface area contributed by atoms with Crippen molar-refractivity contribution in [1.29, 1.82) is 0 Å². The first-order valence-electron chi connectivity index (χ1n) is 7.69. The molecule has 2 aromatic heterocycles. The van der Waals surface area contributed by atoms with Gasteiger partial charge in [0, 0.05) is 42.7 Å². The highest BCUT2D eigenvalue weighted by Crippen LogP contribution is 2.20. The van der Waals surface area contributed by atoms with Crippen LogP contribution < -0.4 is 4.74 Å². The van der Waals surface area contributed by atoms with E-state index in [2.05, 4.69) is 32.2 Å². The molecule has 0 saturated carbocycles. The van der Waals surface area contributed by atoms with Gasteiger partial charge in [0.2, 0.25) is 0 Å². The molecular formula is C17H18N4OS. The SMILES string of the molecule is c1nc(COc2ccc(CN3CCc4[nH]ncc4C3)cc2)cs1. The summed E-state index contributed by atoms with van der Waals surface area (Å²) in [5.74, 6) is 0.887. The third-order valence-electron chi connectivity index (χ3n) is 4.08. The van der Waals surface area contributed by atoms with Crippen molar-refractivity contribution in [2.24, 2.45) is 0 Å². The van der Waals surface area contributed by atoms with Gasteiger partial charge in [0.25, 0.3) is 0 Å². The van der Waals surface area contributed by atoms with Crippen molar-refractivity contribution >= 4 is 11.3 Å². The highest BCUT2D eigenvalue weighted by molar-refractivity contribution is 7.07. The first-order valence-corrected chi connectivity index (χ1v) is 8.63. The fraction of sp³-hybridized carbons (Fsp3) is 0.294.